The number of aromatic nitrogens is 1. The molecule has 1 aromatic rings. The molecule has 6 nitrogen and oxygen atoms in total. The molecule has 0 bridgehead atoms. The first kappa shape index (κ1) is 14.5. The number of carboxylic acid groups (broad SMARTS) is 1. The third-order valence-electron chi connectivity index (χ3n) is 3.67. The van der Waals surface area contributed by atoms with Crippen LogP contribution in [-0.2, 0) is 0 Å². The number of nitrogens with one attached hydrogen (secondary N) is 1. The molecule has 0 saturated carbocycles. The van der Waals surface area contributed by atoms with Gasteiger partial charge in [-0.25, -0.2) is 4.79 Å². The SMILES string of the molecule is CN1CCCCC1CNC(=O)c1ncccc1C(=O)O. The number of aromatic carboxylic acids is 1. The van der Waals surface area contributed by atoms with Crippen LogP contribution < -0.4 is 5.32 Å². The Morgan fingerprint density at radius 1 is 1.50 bits per heavy atom. The number of likely N-dealkylation sites (N-methyl/N-ethyl adjacent to an activating group) is 1. The first-order valence-corrected chi connectivity index (χ1v) is 6.76. The zero-order valence-electron chi connectivity index (χ0n) is 11.5. The Kier molecular flexibility index (Phi) is 4.68. The maximum absolute atomic E-state index is 12.1. The Hall–Kier alpha value is -1.95. The van der Waals surface area contributed by atoms with Crippen LogP contribution in [0.1, 0.15) is 40.1 Å². The van der Waals surface area contributed by atoms with Crippen LogP contribution in [0.2, 0.25) is 0 Å². The number of amides is 1. The molecule has 1 atom stereocenters. The van der Waals surface area contributed by atoms with Gasteiger partial charge in [0.15, 0.2) is 0 Å². The van der Waals surface area contributed by atoms with Gasteiger partial charge in [0.1, 0.15) is 5.69 Å². The molecular formula is C14H19N3O3. The second-order valence-electron chi connectivity index (χ2n) is 5.04. The highest BCUT2D eigenvalue weighted by molar-refractivity contribution is 6.03. The average Bonchev–Trinajstić information content (AvgIpc) is 2.46. The second-order valence-corrected chi connectivity index (χ2v) is 5.04. The summed E-state index contributed by atoms with van der Waals surface area (Å²) in [7, 11) is 2.04. The molecule has 0 aromatic carbocycles. The van der Waals surface area contributed by atoms with Crippen LogP contribution in [0.5, 0.6) is 0 Å². The normalized spacial score (nSPS) is 19.6. The Bertz CT molecular complexity index is 504. The lowest BCUT2D eigenvalue weighted by Crippen LogP contribution is -2.44. The van der Waals surface area contributed by atoms with Crippen molar-refractivity contribution in [1.29, 1.82) is 0 Å². The van der Waals surface area contributed by atoms with Gasteiger partial charge in [0.05, 0.1) is 5.56 Å². The van der Waals surface area contributed by atoms with Gasteiger partial charge in [-0.3, -0.25) is 9.78 Å². The minimum absolute atomic E-state index is 0.0292. The van der Waals surface area contributed by atoms with E-state index in [4.69, 9.17) is 5.11 Å². The molecule has 1 amide bonds. The Balaban J connectivity index is 2.00. The molecule has 0 aliphatic carbocycles. The number of pyridine rings is 1. The van der Waals surface area contributed by atoms with Crippen LogP contribution in [0, 0.1) is 0 Å². The van der Waals surface area contributed by atoms with Gasteiger partial charge in [0, 0.05) is 18.8 Å². The van der Waals surface area contributed by atoms with E-state index in [1.54, 1.807) is 0 Å². The van der Waals surface area contributed by atoms with Crippen molar-refractivity contribution >= 4 is 11.9 Å². The van der Waals surface area contributed by atoms with E-state index >= 15 is 0 Å². The van der Waals surface area contributed by atoms with Crippen LogP contribution in [0.4, 0.5) is 0 Å². The van der Waals surface area contributed by atoms with Gasteiger partial charge in [0.2, 0.25) is 0 Å². The van der Waals surface area contributed by atoms with Crippen molar-refractivity contribution in [3.63, 3.8) is 0 Å². The van der Waals surface area contributed by atoms with Crippen LogP contribution >= 0.6 is 0 Å². The van der Waals surface area contributed by atoms with Crippen molar-refractivity contribution in [2.45, 2.75) is 25.3 Å². The van der Waals surface area contributed by atoms with Crippen LogP contribution in [0.25, 0.3) is 0 Å². The molecule has 108 valence electrons. The topological polar surface area (TPSA) is 82.5 Å². The largest absolute Gasteiger partial charge is 0.478 e. The van der Waals surface area contributed by atoms with Gasteiger partial charge in [0.25, 0.3) is 5.91 Å². The predicted octanol–water partition coefficient (Wildman–Crippen LogP) is 0.994. The van der Waals surface area contributed by atoms with E-state index in [0.717, 1.165) is 19.4 Å². The Labute approximate surface area is 117 Å². The number of hydrogen-bond acceptors (Lipinski definition) is 4. The molecule has 2 rings (SSSR count). The molecule has 6 heteroatoms. The van der Waals surface area contributed by atoms with E-state index in [1.165, 1.54) is 24.8 Å². The Morgan fingerprint density at radius 2 is 2.30 bits per heavy atom. The summed E-state index contributed by atoms with van der Waals surface area (Å²) in [5, 5.41) is 11.8. The molecule has 1 aliphatic heterocycles. The summed E-state index contributed by atoms with van der Waals surface area (Å²) in [5.74, 6) is -1.57. The zero-order valence-corrected chi connectivity index (χ0v) is 11.5. The number of carboxylic acids is 1. The summed E-state index contributed by atoms with van der Waals surface area (Å²) in [6.07, 6.45) is 4.82. The quantitative estimate of drug-likeness (QED) is 0.857. The summed E-state index contributed by atoms with van der Waals surface area (Å²) in [6, 6.07) is 3.20. The molecule has 1 unspecified atom stereocenters. The predicted molar refractivity (Wildman–Crippen MR) is 73.8 cm³/mol. The fraction of sp³-hybridized carbons (Fsp3) is 0.500. The molecule has 0 spiro atoms. The molecular weight excluding hydrogens is 258 g/mol. The molecule has 2 N–H and O–H groups in total. The first-order valence-electron chi connectivity index (χ1n) is 6.76. The third kappa shape index (κ3) is 3.33. The zero-order chi connectivity index (χ0) is 14.5. The highest BCUT2D eigenvalue weighted by atomic mass is 16.4. The number of rotatable bonds is 4. The molecule has 20 heavy (non-hydrogen) atoms. The van der Waals surface area contributed by atoms with Crippen molar-refractivity contribution in [3.8, 4) is 0 Å². The third-order valence-corrected chi connectivity index (χ3v) is 3.67. The minimum Gasteiger partial charge on any atom is -0.478 e. The maximum atomic E-state index is 12.1. The van der Waals surface area contributed by atoms with Crippen molar-refractivity contribution in [2.24, 2.45) is 0 Å². The van der Waals surface area contributed by atoms with Gasteiger partial charge in [-0.15, -0.1) is 0 Å². The summed E-state index contributed by atoms with van der Waals surface area (Å²) in [4.78, 5) is 29.2. The van der Waals surface area contributed by atoms with Gasteiger partial charge >= 0.3 is 5.97 Å². The lowest BCUT2D eigenvalue weighted by atomic mass is 10.0. The van der Waals surface area contributed by atoms with E-state index in [0.29, 0.717) is 12.6 Å². The average molecular weight is 277 g/mol. The molecule has 0 radical (unpaired) electrons. The van der Waals surface area contributed by atoms with Crippen LogP contribution in [0.3, 0.4) is 0 Å². The maximum Gasteiger partial charge on any atom is 0.338 e. The van der Waals surface area contributed by atoms with Crippen LogP contribution in [0.15, 0.2) is 18.3 Å². The van der Waals surface area contributed by atoms with Crippen molar-refractivity contribution in [1.82, 2.24) is 15.2 Å². The molecule has 1 saturated heterocycles. The number of carbonyl (C=O) groups excluding carboxylic acids is 1. The lowest BCUT2D eigenvalue weighted by Gasteiger charge is -2.32. The minimum atomic E-state index is -1.14. The van der Waals surface area contributed by atoms with E-state index in [-0.39, 0.29) is 11.3 Å². The molecule has 1 aliphatic rings. The second kappa shape index (κ2) is 6.47. The van der Waals surface area contributed by atoms with Gasteiger partial charge in [-0.05, 0) is 38.6 Å². The fourth-order valence-corrected chi connectivity index (χ4v) is 2.46. The van der Waals surface area contributed by atoms with Crippen LogP contribution in [-0.4, -0.2) is 53.0 Å². The van der Waals surface area contributed by atoms with Crippen molar-refractivity contribution in [2.75, 3.05) is 20.1 Å². The van der Waals surface area contributed by atoms with E-state index < -0.39 is 11.9 Å². The summed E-state index contributed by atoms with van der Waals surface area (Å²) < 4.78 is 0. The summed E-state index contributed by atoms with van der Waals surface area (Å²) in [5.41, 5.74) is -0.0968. The molecule has 2 heterocycles. The highest BCUT2D eigenvalue weighted by Crippen LogP contribution is 2.14. The number of hydrogen-bond donors (Lipinski definition) is 2. The smallest absolute Gasteiger partial charge is 0.338 e. The number of piperidine rings is 1. The van der Waals surface area contributed by atoms with Crippen molar-refractivity contribution in [3.05, 3.63) is 29.6 Å². The molecule has 1 aromatic heterocycles. The van der Waals surface area contributed by atoms with E-state index in [1.807, 2.05) is 7.05 Å². The lowest BCUT2D eigenvalue weighted by molar-refractivity contribution is 0.0689. The first-order chi connectivity index (χ1) is 9.59. The Morgan fingerprint density at radius 3 is 3.00 bits per heavy atom. The monoisotopic (exact) mass is 277 g/mol. The number of carbonyl (C=O) groups is 2. The fourth-order valence-electron chi connectivity index (χ4n) is 2.46. The molecule has 1 fully saturated rings. The summed E-state index contributed by atoms with van der Waals surface area (Å²) >= 11 is 0. The number of nitrogens with zero attached hydrogens (tertiary/aromatic N) is 2. The van der Waals surface area contributed by atoms with E-state index in [2.05, 4.69) is 15.2 Å². The number of likely N-dealkylation sites (tertiary alicyclic amines) is 1. The summed E-state index contributed by atoms with van der Waals surface area (Å²) in [6.45, 7) is 1.55. The van der Waals surface area contributed by atoms with Gasteiger partial charge in [-0.1, -0.05) is 6.42 Å². The van der Waals surface area contributed by atoms with Crippen molar-refractivity contribution < 1.29 is 14.7 Å². The highest BCUT2D eigenvalue weighted by Gasteiger charge is 2.22. The van der Waals surface area contributed by atoms with E-state index in [9.17, 15) is 9.59 Å². The van der Waals surface area contributed by atoms with Gasteiger partial charge < -0.3 is 15.3 Å². The van der Waals surface area contributed by atoms with Gasteiger partial charge in [-0.2, -0.15) is 0 Å². The standard InChI is InChI=1S/C14H19N3O3/c1-17-8-3-2-5-10(17)9-16-13(18)12-11(14(19)20)6-4-7-15-12/h4,6-7,10H,2-3,5,8-9H2,1H3,(H,16,18)(H,19,20).